The van der Waals surface area contributed by atoms with E-state index in [0.29, 0.717) is 48.4 Å². The number of carbonyl (C=O) groups excluding carboxylic acids is 4. The van der Waals surface area contributed by atoms with Crippen LogP contribution in [-0.2, 0) is 38.8 Å². The lowest BCUT2D eigenvalue weighted by atomic mass is 10.0. The summed E-state index contributed by atoms with van der Waals surface area (Å²) < 4.78 is 47.9. The molecule has 2 aliphatic carbocycles. The van der Waals surface area contributed by atoms with E-state index in [1.165, 1.54) is 21.9 Å². The highest BCUT2D eigenvalue weighted by molar-refractivity contribution is 5.98. The molecule has 1 saturated heterocycles. The van der Waals surface area contributed by atoms with E-state index in [-0.39, 0.29) is 50.3 Å². The molecule has 0 aromatic heterocycles. The predicted octanol–water partition coefficient (Wildman–Crippen LogP) is 4.61. The quantitative estimate of drug-likeness (QED) is 0.362. The van der Waals surface area contributed by atoms with Crippen LogP contribution < -0.4 is 16.0 Å². The van der Waals surface area contributed by atoms with Gasteiger partial charge in [0, 0.05) is 37.5 Å². The van der Waals surface area contributed by atoms with Gasteiger partial charge in [-0.1, -0.05) is 43.2 Å². The summed E-state index contributed by atoms with van der Waals surface area (Å²) in [5, 5.41) is 9.25. The molecule has 0 bridgehead atoms. The first-order valence-electron chi connectivity index (χ1n) is 18.1. The highest BCUT2D eigenvalue weighted by Crippen LogP contribution is 2.46. The zero-order valence-corrected chi connectivity index (χ0v) is 28.5. The Morgan fingerprint density at radius 1 is 0.980 bits per heavy atom. The first-order valence-corrected chi connectivity index (χ1v) is 18.1. The van der Waals surface area contributed by atoms with Crippen molar-refractivity contribution in [3.05, 3.63) is 82.7 Å². The van der Waals surface area contributed by atoms with Crippen LogP contribution in [-0.4, -0.2) is 70.4 Å². The number of rotatable bonds is 7. The zero-order valence-electron chi connectivity index (χ0n) is 28.5. The number of hydrogen-bond acceptors (Lipinski definition) is 6. The number of nitrogens with zero attached hydrogens (tertiary/aromatic N) is 2. The van der Waals surface area contributed by atoms with Gasteiger partial charge in [-0.05, 0) is 73.8 Å². The minimum atomic E-state index is -1.14. The summed E-state index contributed by atoms with van der Waals surface area (Å²) in [6.45, 7) is 0.787. The fourth-order valence-corrected chi connectivity index (χ4v) is 7.56. The van der Waals surface area contributed by atoms with Crippen molar-refractivity contribution in [3.8, 4) is 0 Å². The Bertz CT molecular complexity index is 1720. The van der Waals surface area contributed by atoms with Crippen LogP contribution in [0.2, 0.25) is 0 Å². The first-order chi connectivity index (χ1) is 24.6. The smallest absolute Gasteiger partial charge is 0.410 e. The summed E-state index contributed by atoms with van der Waals surface area (Å²) in [7, 11) is 0. The Kier molecular flexibility index (Phi) is 10.1. The summed E-state index contributed by atoms with van der Waals surface area (Å²) in [6, 6.07) is 6.43. The molecule has 10 nitrogen and oxygen atoms in total. The van der Waals surface area contributed by atoms with E-state index in [9.17, 15) is 32.3 Å². The van der Waals surface area contributed by atoms with Crippen LogP contribution in [0, 0.1) is 29.3 Å². The lowest BCUT2D eigenvalue weighted by molar-refractivity contribution is -0.141. The van der Waals surface area contributed by atoms with Crippen molar-refractivity contribution in [2.24, 2.45) is 11.8 Å². The lowest BCUT2D eigenvalue weighted by Crippen LogP contribution is -2.57. The second kappa shape index (κ2) is 14.7. The lowest BCUT2D eigenvalue weighted by Gasteiger charge is -2.30. The highest BCUT2D eigenvalue weighted by atomic mass is 19.2. The number of allylic oxidation sites excluding steroid dienone is 1. The molecule has 5 atom stereocenters. The monoisotopic (exact) mass is 707 g/mol. The van der Waals surface area contributed by atoms with E-state index in [1.807, 2.05) is 6.08 Å². The van der Waals surface area contributed by atoms with E-state index in [2.05, 4.69) is 22.0 Å². The fraction of sp³-hybridized carbons (Fsp3) is 0.526. The minimum Gasteiger partial charge on any atom is -0.444 e. The molecule has 7 rings (SSSR count). The van der Waals surface area contributed by atoms with Crippen molar-refractivity contribution in [1.29, 1.82) is 0 Å². The second-order valence-electron chi connectivity index (χ2n) is 14.7. The van der Waals surface area contributed by atoms with Crippen LogP contribution in [0.25, 0.3) is 0 Å². The molecule has 2 aromatic carbocycles. The van der Waals surface area contributed by atoms with Crippen LogP contribution in [0.15, 0.2) is 48.6 Å². The van der Waals surface area contributed by atoms with Crippen molar-refractivity contribution >= 4 is 23.8 Å². The standard InChI is InChI=1S/C38H44F3N5O5/c39-29-9-6-7-25-20-45(22-28(25)29)37(50)51-27-16-33-34(47)44-38(36(49)43-18-23-11-12-23)17-26(38)8-4-2-1-3-5-10-32(35(48)46(33)21-27)42-19-24-13-14-30(40)31(41)15-24/h4,6-9,13-15,23,26-27,32-33,42H,1-3,5,10-12,16-22H2,(H,43,49)(H,44,47)/b8-4-/t26-,27-,32+,33+,38-/m1/s1. The van der Waals surface area contributed by atoms with Crippen LogP contribution in [0.4, 0.5) is 18.0 Å². The topological polar surface area (TPSA) is 120 Å². The van der Waals surface area contributed by atoms with E-state index in [1.54, 1.807) is 12.1 Å². The molecule has 0 radical (unpaired) electrons. The second-order valence-corrected chi connectivity index (χ2v) is 14.7. The Labute approximate surface area is 295 Å². The predicted molar refractivity (Wildman–Crippen MR) is 180 cm³/mol. The molecule has 2 aromatic rings. The zero-order chi connectivity index (χ0) is 35.7. The third kappa shape index (κ3) is 7.78. The van der Waals surface area contributed by atoms with Crippen molar-refractivity contribution in [2.75, 3.05) is 13.1 Å². The molecule has 3 heterocycles. The molecule has 3 aliphatic heterocycles. The molecule has 3 fully saturated rings. The van der Waals surface area contributed by atoms with Gasteiger partial charge in [0.1, 0.15) is 23.5 Å². The SMILES string of the molecule is O=C1N[C@]2(C(=O)NCC3CC3)C[C@H]2/C=C\CCCCC[C@H](NCc2ccc(F)c(F)c2)C(=O)N2C[C@H](OC(=O)N3Cc4cccc(F)c4C3)C[C@@H]12. The third-order valence-corrected chi connectivity index (χ3v) is 10.9. The van der Waals surface area contributed by atoms with Gasteiger partial charge in [0.2, 0.25) is 17.7 Å². The average molecular weight is 708 g/mol. The van der Waals surface area contributed by atoms with Crippen molar-refractivity contribution in [1.82, 2.24) is 25.8 Å². The van der Waals surface area contributed by atoms with E-state index < -0.39 is 53.2 Å². The highest BCUT2D eigenvalue weighted by Gasteiger charge is 2.61. The summed E-state index contributed by atoms with van der Waals surface area (Å²) in [6.07, 6.45) is 8.72. The molecule has 2 saturated carbocycles. The average Bonchev–Trinajstić information content (AvgIpc) is 3.97. The third-order valence-electron chi connectivity index (χ3n) is 10.9. The Morgan fingerprint density at radius 2 is 1.82 bits per heavy atom. The van der Waals surface area contributed by atoms with Gasteiger partial charge in [-0.15, -0.1) is 0 Å². The number of carbonyl (C=O) groups is 4. The maximum absolute atomic E-state index is 14.4. The molecule has 0 spiro atoms. The molecule has 5 aliphatic rings. The van der Waals surface area contributed by atoms with Gasteiger partial charge in [-0.3, -0.25) is 19.3 Å². The Hall–Kier alpha value is -4.39. The molecule has 0 unspecified atom stereocenters. The van der Waals surface area contributed by atoms with Gasteiger partial charge in [0.05, 0.1) is 19.1 Å². The Balaban J connectivity index is 1.11. The van der Waals surface area contributed by atoms with Crippen LogP contribution in [0.5, 0.6) is 0 Å². The van der Waals surface area contributed by atoms with Crippen LogP contribution in [0.1, 0.15) is 74.5 Å². The molecule has 3 N–H and O–H groups in total. The maximum atomic E-state index is 14.4. The summed E-state index contributed by atoms with van der Waals surface area (Å²) in [5.41, 5.74) is 0.430. The largest absolute Gasteiger partial charge is 0.444 e. The summed E-state index contributed by atoms with van der Waals surface area (Å²) in [5.74, 6) is -3.24. The van der Waals surface area contributed by atoms with Crippen LogP contribution in [0.3, 0.4) is 0 Å². The van der Waals surface area contributed by atoms with Gasteiger partial charge in [0.15, 0.2) is 11.6 Å². The van der Waals surface area contributed by atoms with Crippen molar-refractivity contribution in [2.45, 2.75) is 101 Å². The normalized spacial score (nSPS) is 28.5. The maximum Gasteiger partial charge on any atom is 0.410 e. The van der Waals surface area contributed by atoms with Crippen LogP contribution >= 0.6 is 0 Å². The number of halogens is 3. The van der Waals surface area contributed by atoms with E-state index in [0.717, 1.165) is 44.2 Å². The molecule has 4 amide bonds. The molecular weight excluding hydrogens is 663 g/mol. The molecule has 272 valence electrons. The van der Waals surface area contributed by atoms with Crippen molar-refractivity contribution < 1.29 is 37.1 Å². The molecule has 51 heavy (non-hydrogen) atoms. The van der Waals surface area contributed by atoms with Crippen molar-refractivity contribution in [3.63, 3.8) is 0 Å². The number of nitrogens with one attached hydrogen (secondary N) is 3. The van der Waals surface area contributed by atoms with Gasteiger partial charge >= 0.3 is 6.09 Å². The van der Waals surface area contributed by atoms with Gasteiger partial charge in [-0.2, -0.15) is 0 Å². The molecular formula is C38H44F3N5O5. The van der Waals surface area contributed by atoms with Gasteiger partial charge < -0.3 is 25.6 Å². The summed E-state index contributed by atoms with van der Waals surface area (Å²) in [4.78, 5) is 58.3. The molecule has 13 heteroatoms. The first kappa shape index (κ1) is 35.0. The number of fused-ring (bicyclic) bond motifs is 3. The van der Waals surface area contributed by atoms with Gasteiger partial charge in [0.25, 0.3) is 0 Å². The fourth-order valence-electron chi connectivity index (χ4n) is 7.56. The van der Waals surface area contributed by atoms with E-state index in [4.69, 9.17) is 4.74 Å². The number of ether oxygens (including phenoxy) is 1. The number of amides is 4. The van der Waals surface area contributed by atoms with E-state index >= 15 is 0 Å². The number of benzene rings is 2. The Morgan fingerprint density at radius 3 is 2.61 bits per heavy atom. The van der Waals surface area contributed by atoms with Gasteiger partial charge in [-0.25, -0.2) is 18.0 Å². The minimum absolute atomic E-state index is 0.00857. The summed E-state index contributed by atoms with van der Waals surface area (Å²) >= 11 is 0. The number of hydrogen-bond donors (Lipinski definition) is 3.